The Morgan fingerprint density at radius 1 is 1.46 bits per heavy atom. The Hall–Kier alpha value is -1.06. The summed E-state index contributed by atoms with van der Waals surface area (Å²) in [5, 5.41) is 7.60. The number of rotatable bonds is 3. The standard InChI is InChI=1S/C9H18N4/c1-9(2,3)5-4-6-13-7-8(10)11-12-13/h7H,4-6,10H2,1-3H3. The van der Waals surface area contributed by atoms with Crippen LogP contribution in [0.2, 0.25) is 0 Å². The smallest absolute Gasteiger partial charge is 0.165 e. The first-order valence-electron chi connectivity index (χ1n) is 4.63. The molecule has 0 aromatic carbocycles. The van der Waals surface area contributed by atoms with E-state index in [2.05, 4.69) is 31.1 Å². The van der Waals surface area contributed by atoms with Crippen LogP contribution < -0.4 is 5.73 Å². The van der Waals surface area contributed by atoms with E-state index >= 15 is 0 Å². The van der Waals surface area contributed by atoms with Gasteiger partial charge >= 0.3 is 0 Å². The second-order valence-electron chi connectivity index (χ2n) is 4.57. The normalized spacial score (nSPS) is 11.9. The molecule has 0 amide bonds. The van der Waals surface area contributed by atoms with Crippen molar-refractivity contribution in [3.05, 3.63) is 6.20 Å². The lowest BCUT2D eigenvalue weighted by molar-refractivity contribution is 0.347. The molecular formula is C9H18N4. The van der Waals surface area contributed by atoms with Crippen molar-refractivity contribution in [2.45, 2.75) is 40.2 Å². The molecule has 0 aliphatic carbocycles. The molecule has 0 bridgehead atoms. The van der Waals surface area contributed by atoms with Crippen molar-refractivity contribution < 1.29 is 0 Å². The number of anilines is 1. The molecule has 0 saturated carbocycles. The predicted octanol–water partition coefficient (Wildman–Crippen LogP) is 1.69. The van der Waals surface area contributed by atoms with Crippen LogP contribution in [0.3, 0.4) is 0 Å². The maximum absolute atomic E-state index is 5.44. The fourth-order valence-corrected chi connectivity index (χ4v) is 1.19. The van der Waals surface area contributed by atoms with Gasteiger partial charge in [0.2, 0.25) is 0 Å². The third kappa shape index (κ3) is 3.92. The van der Waals surface area contributed by atoms with E-state index in [0.717, 1.165) is 13.0 Å². The molecule has 1 aromatic heterocycles. The van der Waals surface area contributed by atoms with Crippen molar-refractivity contribution in [1.29, 1.82) is 0 Å². The van der Waals surface area contributed by atoms with Gasteiger partial charge in [0.25, 0.3) is 0 Å². The molecule has 2 N–H and O–H groups in total. The molecule has 4 heteroatoms. The van der Waals surface area contributed by atoms with Gasteiger partial charge < -0.3 is 5.73 Å². The molecule has 0 atom stereocenters. The third-order valence-electron chi connectivity index (χ3n) is 1.87. The largest absolute Gasteiger partial charge is 0.381 e. The van der Waals surface area contributed by atoms with E-state index in [9.17, 15) is 0 Å². The molecule has 1 rings (SSSR count). The van der Waals surface area contributed by atoms with E-state index in [1.807, 2.05) is 0 Å². The van der Waals surface area contributed by atoms with Crippen LogP contribution >= 0.6 is 0 Å². The Bertz CT molecular complexity index is 259. The predicted molar refractivity (Wildman–Crippen MR) is 53.1 cm³/mol. The van der Waals surface area contributed by atoms with Gasteiger partial charge in [0.15, 0.2) is 5.82 Å². The number of hydrogen-bond acceptors (Lipinski definition) is 3. The Labute approximate surface area is 79.1 Å². The second-order valence-corrected chi connectivity index (χ2v) is 4.57. The SMILES string of the molecule is CC(C)(C)CCCn1cc(N)nn1. The van der Waals surface area contributed by atoms with Crippen molar-refractivity contribution >= 4 is 5.82 Å². The van der Waals surface area contributed by atoms with E-state index in [4.69, 9.17) is 5.73 Å². The number of nitrogen functional groups attached to an aromatic ring is 1. The fraction of sp³-hybridized carbons (Fsp3) is 0.778. The van der Waals surface area contributed by atoms with Crippen molar-refractivity contribution in [1.82, 2.24) is 15.0 Å². The minimum Gasteiger partial charge on any atom is -0.381 e. The highest BCUT2D eigenvalue weighted by atomic mass is 15.4. The van der Waals surface area contributed by atoms with Gasteiger partial charge in [-0.1, -0.05) is 26.0 Å². The van der Waals surface area contributed by atoms with Gasteiger partial charge in [0.1, 0.15) is 0 Å². The lowest BCUT2D eigenvalue weighted by Crippen LogP contribution is -2.07. The highest BCUT2D eigenvalue weighted by Crippen LogP contribution is 2.20. The maximum atomic E-state index is 5.44. The Kier molecular flexibility index (Phi) is 2.90. The molecule has 13 heavy (non-hydrogen) atoms. The van der Waals surface area contributed by atoms with Gasteiger partial charge in [0.05, 0.1) is 6.20 Å². The van der Waals surface area contributed by atoms with Crippen LogP contribution in [0, 0.1) is 5.41 Å². The number of aromatic nitrogens is 3. The van der Waals surface area contributed by atoms with Gasteiger partial charge in [-0.25, -0.2) is 0 Å². The van der Waals surface area contributed by atoms with E-state index < -0.39 is 0 Å². The topological polar surface area (TPSA) is 56.7 Å². The molecule has 0 radical (unpaired) electrons. The van der Waals surface area contributed by atoms with Crippen molar-refractivity contribution in [2.24, 2.45) is 5.41 Å². The highest BCUT2D eigenvalue weighted by molar-refractivity contribution is 5.19. The summed E-state index contributed by atoms with van der Waals surface area (Å²) in [5.41, 5.74) is 5.84. The van der Waals surface area contributed by atoms with Gasteiger partial charge in [-0.2, -0.15) is 0 Å². The summed E-state index contributed by atoms with van der Waals surface area (Å²) in [6.45, 7) is 7.62. The average molecular weight is 182 g/mol. The van der Waals surface area contributed by atoms with Crippen LogP contribution in [0.4, 0.5) is 5.82 Å². The van der Waals surface area contributed by atoms with E-state index in [1.54, 1.807) is 10.9 Å². The molecule has 0 aliphatic rings. The van der Waals surface area contributed by atoms with Gasteiger partial charge in [-0.05, 0) is 18.3 Å². The highest BCUT2D eigenvalue weighted by Gasteiger charge is 2.09. The first kappa shape index (κ1) is 10.0. The lowest BCUT2D eigenvalue weighted by atomic mass is 9.91. The van der Waals surface area contributed by atoms with E-state index in [0.29, 0.717) is 11.2 Å². The van der Waals surface area contributed by atoms with Crippen LogP contribution in [0.1, 0.15) is 33.6 Å². The van der Waals surface area contributed by atoms with E-state index in [1.165, 1.54) is 6.42 Å². The number of nitrogens with zero attached hydrogens (tertiary/aromatic N) is 3. The van der Waals surface area contributed by atoms with Crippen LogP contribution in [0.15, 0.2) is 6.20 Å². The zero-order valence-corrected chi connectivity index (χ0v) is 8.62. The minimum absolute atomic E-state index is 0.395. The summed E-state index contributed by atoms with van der Waals surface area (Å²) >= 11 is 0. The Balaban J connectivity index is 2.28. The van der Waals surface area contributed by atoms with Crippen molar-refractivity contribution in [2.75, 3.05) is 5.73 Å². The fourth-order valence-electron chi connectivity index (χ4n) is 1.19. The average Bonchev–Trinajstić information content (AvgIpc) is 2.33. The van der Waals surface area contributed by atoms with Crippen LogP contribution in [-0.4, -0.2) is 15.0 Å². The minimum atomic E-state index is 0.395. The Morgan fingerprint density at radius 2 is 2.15 bits per heavy atom. The van der Waals surface area contributed by atoms with Crippen molar-refractivity contribution in [3.8, 4) is 0 Å². The summed E-state index contributed by atoms with van der Waals surface area (Å²) in [6.07, 6.45) is 4.07. The lowest BCUT2D eigenvalue weighted by Gasteiger charge is -2.17. The zero-order valence-electron chi connectivity index (χ0n) is 8.62. The van der Waals surface area contributed by atoms with Gasteiger partial charge in [-0.3, -0.25) is 4.68 Å². The molecule has 0 unspecified atom stereocenters. The molecule has 0 aliphatic heterocycles. The summed E-state index contributed by atoms with van der Waals surface area (Å²) in [7, 11) is 0. The maximum Gasteiger partial charge on any atom is 0.165 e. The van der Waals surface area contributed by atoms with Gasteiger partial charge in [-0.15, -0.1) is 5.10 Å². The van der Waals surface area contributed by atoms with Crippen molar-refractivity contribution in [3.63, 3.8) is 0 Å². The second kappa shape index (κ2) is 3.77. The quantitative estimate of drug-likeness (QED) is 0.773. The molecular weight excluding hydrogens is 164 g/mol. The molecule has 0 fully saturated rings. The zero-order chi connectivity index (χ0) is 9.90. The molecule has 1 aromatic rings. The van der Waals surface area contributed by atoms with E-state index in [-0.39, 0.29) is 0 Å². The van der Waals surface area contributed by atoms with Crippen LogP contribution in [0.25, 0.3) is 0 Å². The summed E-state index contributed by atoms with van der Waals surface area (Å²) < 4.78 is 1.79. The molecule has 0 spiro atoms. The first-order valence-corrected chi connectivity index (χ1v) is 4.63. The monoisotopic (exact) mass is 182 g/mol. The number of nitrogens with two attached hydrogens (primary N) is 1. The first-order chi connectivity index (χ1) is 5.97. The molecule has 4 nitrogen and oxygen atoms in total. The summed E-state index contributed by atoms with van der Waals surface area (Å²) in [6, 6.07) is 0. The number of aryl methyl sites for hydroxylation is 1. The third-order valence-corrected chi connectivity index (χ3v) is 1.87. The molecule has 0 saturated heterocycles. The molecule has 74 valence electrons. The Morgan fingerprint density at radius 3 is 2.62 bits per heavy atom. The van der Waals surface area contributed by atoms with Crippen LogP contribution in [-0.2, 0) is 6.54 Å². The molecule has 1 heterocycles. The number of hydrogen-bond donors (Lipinski definition) is 1. The summed E-state index contributed by atoms with van der Waals surface area (Å²) in [5.74, 6) is 0.496. The van der Waals surface area contributed by atoms with Crippen LogP contribution in [0.5, 0.6) is 0 Å². The summed E-state index contributed by atoms with van der Waals surface area (Å²) in [4.78, 5) is 0. The van der Waals surface area contributed by atoms with Gasteiger partial charge in [0, 0.05) is 6.54 Å².